The Bertz CT molecular complexity index is 623. The van der Waals surface area contributed by atoms with Crippen LogP contribution in [0.15, 0.2) is 23.8 Å². The summed E-state index contributed by atoms with van der Waals surface area (Å²) in [4.78, 5) is 25.2. The third-order valence-electron chi connectivity index (χ3n) is 6.94. The zero-order chi connectivity index (χ0) is 17.2. The quantitative estimate of drug-likeness (QED) is 0.569. The molecule has 0 unspecified atom stereocenters. The highest BCUT2D eigenvalue weighted by molar-refractivity contribution is 6.00. The van der Waals surface area contributed by atoms with E-state index in [-0.39, 0.29) is 28.7 Å². The molecule has 0 aromatic heterocycles. The molecule has 1 spiro atoms. The molecule has 2 saturated carbocycles. The van der Waals surface area contributed by atoms with Gasteiger partial charge in [0.2, 0.25) is 0 Å². The van der Waals surface area contributed by atoms with Crippen molar-refractivity contribution in [2.75, 3.05) is 0 Å². The van der Waals surface area contributed by atoms with Crippen LogP contribution in [-0.2, 0) is 14.3 Å². The first-order valence-electron chi connectivity index (χ1n) is 8.67. The second-order valence-corrected chi connectivity index (χ2v) is 8.72. The van der Waals surface area contributed by atoms with Gasteiger partial charge in [0.05, 0.1) is 5.41 Å². The minimum atomic E-state index is -0.637. The number of rotatable bonds is 2. The molecule has 0 heterocycles. The minimum absolute atomic E-state index is 0.122. The molecule has 3 aliphatic carbocycles. The maximum Gasteiger partial charge on any atom is 0.331 e. The fourth-order valence-corrected chi connectivity index (χ4v) is 6.09. The highest BCUT2D eigenvalue weighted by Crippen LogP contribution is 2.75. The van der Waals surface area contributed by atoms with E-state index >= 15 is 0 Å². The number of esters is 1. The van der Waals surface area contributed by atoms with Gasteiger partial charge in [-0.1, -0.05) is 32.4 Å². The summed E-state index contributed by atoms with van der Waals surface area (Å²) in [5, 5.41) is 0. The average molecular weight is 316 g/mol. The Kier molecular flexibility index (Phi) is 3.45. The van der Waals surface area contributed by atoms with Crippen LogP contribution in [0.25, 0.3) is 0 Å². The number of ether oxygens (including phenoxy) is 1. The van der Waals surface area contributed by atoms with E-state index in [9.17, 15) is 9.59 Å². The van der Waals surface area contributed by atoms with Crippen LogP contribution in [-0.4, -0.2) is 17.9 Å². The minimum Gasteiger partial charge on any atom is -0.458 e. The van der Waals surface area contributed by atoms with Gasteiger partial charge in [0.1, 0.15) is 6.10 Å². The van der Waals surface area contributed by atoms with Crippen LogP contribution in [0.5, 0.6) is 0 Å². The number of carbonyl (C=O) groups excluding carboxylic acids is 2. The van der Waals surface area contributed by atoms with Gasteiger partial charge in [-0.2, -0.15) is 0 Å². The van der Waals surface area contributed by atoms with Crippen molar-refractivity contribution in [3.63, 3.8) is 0 Å². The Balaban J connectivity index is 2.09. The lowest BCUT2D eigenvalue weighted by atomic mass is 9.61. The Morgan fingerprint density at radius 2 is 1.91 bits per heavy atom. The van der Waals surface area contributed by atoms with Crippen molar-refractivity contribution in [1.29, 1.82) is 0 Å². The van der Waals surface area contributed by atoms with E-state index in [0.717, 1.165) is 18.4 Å². The molecular weight excluding hydrogens is 288 g/mol. The molecule has 126 valence electrons. The summed E-state index contributed by atoms with van der Waals surface area (Å²) in [6.45, 7) is 12.4. The maximum atomic E-state index is 12.9. The summed E-state index contributed by atoms with van der Waals surface area (Å²) in [5.41, 5.74) is -0.0910. The van der Waals surface area contributed by atoms with Gasteiger partial charge in [-0.3, -0.25) is 4.79 Å². The van der Waals surface area contributed by atoms with Crippen molar-refractivity contribution in [2.24, 2.45) is 28.1 Å². The Hall–Kier alpha value is -1.38. The number of hydrogen-bond donors (Lipinski definition) is 0. The lowest BCUT2D eigenvalue weighted by molar-refractivity contribution is -0.161. The molecule has 3 aliphatic rings. The van der Waals surface area contributed by atoms with E-state index in [1.54, 1.807) is 6.08 Å². The molecule has 23 heavy (non-hydrogen) atoms. The lowest BCUT2D eigenvalue weighted by Crippen LogP contribution is -2.48. The van der Waals surface area contributed by atoms with Crippen LogP contribution in [0, 0.1) is 28.1 Å². The van der Waals surface area contributed by atoms with Gasteiger partial charge in [0.25, 0.3) is 0 Å². The van der Waals surface area contributed by atoms with Crippen molar-refractivity contribution in [2.45, 2.75) is 60.5 Å². The molecular formula is C20H28O3. The zero-order valence-corrected chi connectivity index (χ0v) is 15.1. The summed E-state index contributed by atoms with van der Waals surface area (Å²) < 4.78 is 5.93. The van der Waals surface area contributed by atoms with E-state index in [0.29, 0.717) is 11.8 Å². The molecule has 0 radical (unpaired) electrons. The van der Waals surface area contributed by atoms with Crippen LogP contribution in [0.2, 0.25) is 0 Å². The number of allylic oxidation sites excluding steroid dienone is 3. The van der Waals surface area contributed by atoms with Crippen LogP contribution in [0.1, 0.15) is 54.4 Å². The third kappa shape index (κ3) is 1.82. The molecule has 0 saturated heterocycles. The Morgan fingerprint density at radius 1 is 1.26 bits per heavy atom. The van der Waals surface area contributed by atoms with Crippen LogP contribution < -0.4 is 0 Å². The number of hydrogen-bond acceptors (Lipinski definition) is 3. The van der Waals surface area contributed by atoms with Crippen molar-refractivity contribution in [3.05, 3.63) is 23.8 Å². The summed E-state index contributed by atoms with van der Waals surface area (Å²) in [7, 11) is 0. The predicted molar refractivity (Wildman–Crippen MR) is 89.7 cm³/mol. The monoisotopic (exact) mass is 316 g/mol. The molecule has 0 bridgehead atoms. The predicted octanol–water partition coefficient (Wildman–Crippen LogP) is 4.08. The molecule has 2 fully saturated rings. The van der Waals surface area contributed by atoms with Crippen LogP contribution >= 0.6 is 0 Å². The number of ketones is 1. The molecule has 3 nitrogen and oxygen atoms in total. The van der Waals surface area contributed by atoms with Gasteiger partial charge in [0, 0.05) is 16.9 Å². The first-order valence-corrected chi connectivity index (χ1v) is 8.67. The number of carbonyl (C=O) groups is 2. The molecule has 3 rings (SSSR count). The first kappa shape index (κ1) is 16.5. The first-order chi connectivity index (χ1) is 10.6. The SMILES string of the molecule is CC(C)=CC(=O)O[C@H]1C(C)(C)[C@@H]2CC[C@@H](C)[C@@]23C=CC(=O)[C@@]13C. The summed E-state index contributed by atoms with van der Waals surface area (Å²) in [6.07, 6.45) is 7.26. The van der Waals surface area contributed by atoms with E-state index in [1.165, 1.54) is 6.08 Å². The van der Waals surface area contributed by atoms with E-state index in [1.807, 2.05) is 20.8 Å². The van der Waals surface area contributed by atoms with Crippen LogP contribution in [0.3, 0.4) is 0 Å². The van der Waals surface area contributed by atoms with Gasteiger partial charge in [-0.15, -0.1) is 0 Å². The maximum absolute atomic E-state index is 12.9. The van der Waals surface area contributed by atoms with Crippen molar-refractivity contribution in [1.82, 2.24) is 0 Å². The van der Waals surface area contributed by atoms with Gasteiger partial charge in [-0.25, -0.2) is 4.79 Å². The van der Waals surface area contributed by atoms with E-state index < -0.39 is 5.41 Å². The van der Waals surface area contributed by atoms with E-state index in [4.69, 9.17) is 4.74 Å². The molecule has 0 amide bonds. The second kappa shape index (κ2) is 4.81. The zero-order valence-electron chi connectivity index (χ0n) is 15.1. The highest BCUT2D eigenvalue weighted by atomic mass is 16.5. The Labute approximate surface area is 139 Å². The fraction of sp³-hybridized carbons (Fsp3) is 0.700. The Morgan fingerprint density at radius 3 is 2.52 bits per heavy atom. The van der Waals surface area contributed by atoms with Crippen molar-refractivity contribution < 1.29 is 14.3 Å². The van der Waals surface area contributed by atoms with Gasteiger partial charge in [0.15, 0.2) is 5.78 Å². The standard InChI is InChI=1S/C20H28O3/c1-12(2)11-16(22)23-17-18(4,5)14-8-7-13(3)20(14)10-9-15(21)19(17,20)6/h9-11,13-14,17H,7-8H2,1-6H3/t13-,14+,17+,19+,20+/m1/s1. The van der Waals surface area contributed by atoms with Gasteiger partial charge in [-0.05, 0) is 51.5 Å². The van der Waals surface area contributed by atoms with Crippen molar-refractivity contribution in [3.8, 4) is 0 Å². The molecule has 5 atom stereocenters. The van der Waals surface area contributed by atoms with Crippen molar-refractivity contribution >= 4 is 11.8 Å². The average Bonchev–Trinajstić information content (AvgIpc) is 2.95. The fourth-order valence-electron chi connectivity index (χ4n) is 6.09. The molecule has 0 aromatic rings. The smallest absolute Gasteiger partial charge is 0.331 e. The summed E-state index contributed by atoms with van der Waals surface area (Å²) >= 11 is 0. The third-order valence-corrected chi connectivity index (χ3v) is 6.94. The molecule has 0 aliphatic heterocycles. The van der Waals surface area contributed by atoms with E-state index in [2.05, 4.69) is 26.8 Å². The lowest BCUT2D eigenvalue weighted by Gasteiger charge is -2.41. The van der Waals surface area contributed by atoms with Gasteiger partial charge >= 0.3 is 5.97 Å². The molecule has 0 N–H and O–H groups in total. The topological polar surface area (TPSA) is 43.4 Å². The van der Waals surface area contributed by atoms with Crippen LogP contribution in [0.4, 0.5) is 0 Å². The second-order valence-electron chi connectivity index (χ2n) is 8.72. The molecule has 0 aromatic carbocycles. The molecule has 3 heteroatoms. The largest absolute Gasteiger partial charge is 0.458 e. The summed E-state index contributed by atoms with van der Waals surface area (Å²) in [6, 6.07) is 0. The summed E-state index contributed by atoms with van der Waals surface area (Å²) in [5.74, 6) is 0.609. The van der Waals surface area contributed by atoms with Gasteiger partial charge < -0.3 is 4.74 Å². The normalized spacial score (nSPS) is 43.2. The highest BCUT2D eigenvalue weighted by Gasteiger charge is 2.77.